The van der Waals surface area contributed by atoms with Gasteiger partial charge in [-0.25, -0.2) is 0 Å². The molecule has 4 nitrogen and oxygen atoms in total. The van der Waals surface area contributed by atoms with Gasteiger partial charge in [-0.05, 0) is 43.0 Å². The second kappa shape index (κ2) is 3.74. The zero-order chi connectivity index (χ0) is 12.0. The van der Waals surface area contributed by atoms with Gasteiger partial charge in [-0.3, -0.25) is 4.79 Å². The molecule has 4 heteroatoms. The molecule has 1 aromatic carbocycles. The molecule has 2 aliphatic heterocycles. The number of rotatable bonds is 2. The first kappa shape index (κ1) is 10.6. The van der Waals surface area contributed by atoms with Gasteiger partial charge in [0, 0.05) is 18.2 Å². The van der Waals surface area contributed by atoms with Gasteiger partial charge in [0.15, 0.2) is 0 Å². The lowest BCUT2D eigenvalue weighted by molar-refractivity contribution is -0.132. The van der Waals surface area contributed by atoms with Crippen LogP contribution in [0.15, 0.2) is 24.3 Å². The number of carbonyl (C=O) groups excluding carboxylic acids is 1. The fraction of sp³-hybridized carbons (Fsp3) is 0.462. The molecule has 2 bridgehead atoms. The molecule has 1 saturated carbocycles. The van der Waals surface area contributed by atoms with E-state index in [9.17, 15) is 9.90 Å². The molecule has 0 spiro atoms. The van der Waals surface area contributed by atoms with Crippen molar-refractivity contribution in [2.24, 2.45) is 17.6 Å². The van der Waals surface area contributed by atoms with Crippen LogP contribution in [0.5, 0.6) is 5.75 Å². The predicted octanol–water partition coefficient (Wildman–Crippen LogP) is 1.09. The van der Waals surface area contributed by atoms with Crippen molar-refractivity contribution in [1.29, 1.82) is 0 Å². The maximum absolute atomic E-state index is 12.2. The van der Waals surface area contributed by atoms with Gasteiger partial charge < -0.3 is 15.7 Å². The summed E-state index contributed by atoms with van der Waals surface area (Å²) in [5, 5.41) is 9.28. The van der Waals surface area contributed by atoms with Crippen molar-refractivity contribution >= 4 is 11.6 Å². The summed E-state index contributed by atoms with van der Waals surface area (Å²) in [5.74, 6) is 1.15. The Labute approximate surface area is 100 Å². The monoisotopic (exact) mass is 232 g/mol. The number of amides is 1. The third-order valence-electron chi connectivity index (χ3n) is 4.01. The number of phenolic OH excluding ortho intramolecular Hbond substituents is 1. The van der Waals surface area contributed by atoms with E-state index in [-0.39, 0.29) is 23.6 Å². The number of hydrogen-bond acceptors (Lipinski definition) is 3. The molecule has 0 radical (unpaired) electrons. The molecule has 4 rings (SSSR count). The highest BCUT2D eigenvalue weighted by atomic mass is 16.3. The number of anilines is 1. The van der Waals surface area contributed by atoms with E-state index in [0.29, 0.717) is 12.5 Å². The van der Waals surface area contributed by atoms with Crippen molar-refractivity contribution in [2.45, 2.75) is 18.9 Å². The Morgan fingerprint density at radius 3 is 2.53 bits per heavy atom. The largest absolute Gasteiger partial charge is 0.508 e. The lowest BCUT2D eigenvalue weighted by Crippen LogP contribution is -2.62. The maximum atomic E-state index is 12.2. The molecule has 2 saturated heterocycles. The highest BCUT2D eigenvalue weighted by molar-refractivity contribution is 5.98. The normalized spacial score (nSPS) is 31.2. The number of piperidine rings is 2. The van der Waals surface area contributed by atoms with Crippen LogP contribution < -0.4 is 10.6 Å². The van der Waals surface area contributed by atoms with E-state index >= 15 is 0 Å². The zero-order valence-electron chi connectivity index (χ0n) is 9.54. The molecule has 1 unspecified atom stereocenters. The Morgan fingerprint density at radius 2 is 1.94 bits per heavy atom. The van der Waals surface area contributed by atoms with Crippen molar-refractivity contribution in [3.05, 3.63) is 24.3 Å². The summed E-state index contributed by atoms with van der Waals surface area (Å²) < 4.78 is 0. The van der Waals surface area contributed by atoms with Gasteiger partial charge in [0.2, 0.25) is 5.91 Å². The number of nitrogens with zero attached hydrogens (tertiary/aromatic N) is 1. The second-order valence-corrected chi connectivity index (χ2v) is 4.96. The van der Waals surface area contributed by atoms with Crippen LogP contribution in [0.2, 0.25) is 0 Å². The van der Waals surface area contributed by atoms with Crippen molar-refractivity contribution in [2.75, 3.05) is 11.4 Å². The fourth-order valence-corrected chi connectivity index (χ4v) is 2.98. The van der Waals surface area contributed by atoms with Crippen LogP contribution in [0, 0.1) is 11.8 Å². The molecule has 2 heterocycles. The van der Waals surface area contributed by atoms with Crippen LogP contribution in [-0.2, 0) is 4.79 Å². The summed E-state index contributed by atoms with van der Waals surface area (Å²) in [6.07, 6.45) is 1.99. The first-order valence-corrected chi connectivity index (χ1v) is 6.03. The maximum Gasteiger partial charge on any atom is 0.230 e. The minimum absolute atomic E-state index is 0.122. The molecule has 17 heavy (non-hydrogen) atoms. The number of carbonyl (C=O) groups is 1. The molecule has 3 aliphatic rings. The summed E-state index contributed by atoms with van der Waals surface area (Å²) in [6, 6.07) is 6.89. The van der Waals surface area contributed by atoms with E-state index in [1.165, 1.54) is 0 Å². The molecular formula is C13H16N2O2. The van der Waals surface area contributed by atoms with Gasteiger partial charge in [0.1, 0.15) is 5.75 Å². The molecule has 0 aromatic heterocycles. The zero-order valence-corrected chi connectivity index (χ0v) is 9.54. The van der Waals surface area contributed by atoms with Crippen LogP contribution >= 0.6 is 0 Å². The van der Waals surface area contributed by atoms with E-state index < -0.39 is 0 Å². The molecule has 3 N–H and O–H groups in total. The summed E-state index contributed by atoms with van der Waals surface area (Å²) in [5.41, 5.74) is 6.64. The fourth-order valence-electron chi connectivity index (χ4n) is 2.98. The first-order chi connectivity index (χ1) is 8.20. The van der Waals surface area contributed by atoms with Crippen LogP contribution in [0.1, 0.15) is 12.8 Å². The number of benzene rings is 1. The Morgan fingerprint density at radius 1 is 1.29 bits per heavy atom. The Balaban J connectivity index is 1.94. The Bertz CT molecular complexity index is 437. The van der Waals surface area contributed by atoms with Crippen LogP contribution in [0.25, 0.3) is 0 Å². The van der Waals surface area contributed by atoms with Crippen molar-refractivity contribution in [1.82, 2.24) is 0 Å². The Kier molecular flexibility index (Phi) is 2.33. The first-order valence-electron chi connectivity index (χ1n) is 6.03. The third-order valence-corrected chi connectivity index (χ3v) is 4.01. The number of aromatic hydroxyl groups is 1. The molecule has 3 fully saturated rings. The second-order valence-electron chi connectivity index (χ2n) is 4.96. The standard InChI is InChI=1S/C13H16N2O2/c14-7-12-8-5-9(6-8)13(17)15(12)10-1-3-11(16)4-2-10/h1-4,8-9,12,16H,5-7,14H2. The lowest BCUT2D eigenvalue weighted by Gasteiger charge is -2.51. The highest BCUT2D eigenvalue weighted by Crippen LogP contribution is 2.45. The summed E-state index contributed by atoms with van der Waals surface area (Å²) in [4.78, 5) is 14.0. The average molecular weight is 232 g/mol. The minimum Gasteiger partial charge on any atom is -0.508 e. The number of fused-ring (bicyclic) bond motifs is 2. The smallest absolute Gasteiger partial charge is 0.230 e. The molecule has 90 valence electrons. The van der Waals surface area contributed by atoms with Gasteiger partial charge in [-0.2, -0.15) is 0 Å². The summed E-state index contributed by atoms with van der Waals surface area (Å²) in [6.45, 7) is 0.504. The summed E-state index contributed by atoms with van der Waals surface area (Å²) >= 11 is 0. The van der Waals surface area contributed by atoms with Crippen LogP contribution in [-0.4, -0.2) is 23.6 Å². The SMILES string of the molecule is NCC1C2CC(C2)C(=O)N1c1ccc(O)cc1. The van der Waals surface area contributed by atoms with Gasteiger partial charge >= 0.3 is 0 Å². The average Bonchev–Trinajstić information content (AvgIpc) is 2.28. The molecule has 1 aromatic rings. The van der Waals surface area contributed by atoms with Crippen molar-refractivity contribution in [3.63, 3.8) is 0 Å². The molecule has 1 aliphatic carbocycles. The van der Waals surface area contributed by atoms with E-state index in [4.69, 9.17) is 5.73 Å². The molecule has 1 atom stereocenters. The molecular weight excluding hydrogens is 216 g/mol. The third kappa shape index (κ3) is 1.52. The number of phenols is 1. The van der Waals surface area contributed by atoms with Crippen molar-refractivity contribution < 1.29 is 9.90 Å². The highest BCUT2D eigenvalue weighted by Gasteiger charge is 2.49. The Hall–Kier alpha value is -1.55. The lowest BCUT2D eigenvalue weighted by atomic mass is 9.66. The number of nitrogens with two attached hydrogens (primary N) is 1. The van der Waals surface area contributed by atoms with Gasteiger partial charge in [-0.15, -0.1) is 0 Å². The van der Waals surface area contributed by atoms with E-state index in [1.807, 2.05) is 4.90 Å². The van der Waals surface area contributed by atoms with Crippen LogP contribution in [0.3, 0.4) is 0 Å². The van der Waals surface area contributed by atoms with Crippen LogP contribution in [0.4, 0.5) is 5.69 Å². The van der Waals surface area contributed by atoms with E-state index in [1.54, 1.807) is 24.3 Å². The number of hydrogen-bond donors (Lipinski definition) is 2. The van der Waals surface area contributed by atoms with Crippen molar-refractivity contribution in [3.8, 4) is 5.75 Å². The predicted molar refractivity (Wildman–Crippen MR) is 64.6 cm³/mol. The van der Waals surface area contributed by atoms with E-state index in [2.05, 4.69) is 0 Å². The summed E-state index contributed by atoms with van der Waals surface area (Å²) in [7, 11) is 0. The quantitative estimate of drug-likeness (QED) is 0.802. The molecule has 1 amide bonds. The van der Waals surface area contributed by atoms with Gasteiger partial charge in [0.25, 0.3) is 0 Å². The van der Waals surface area contributed by atoms with Gasteiger partial charge in [-0.1, -0.05) is 0 Å². The minimum atomic E-state index is 0.122. The van der Waals surface area contributed by atoms with E-state index in [0.717, 1.165) is 18.5 Å². The van der Waals surface area contributed by atoms with Gasteiger partial charge in [0.05, 0.1) is 6.04 Å². The topological polar surface area (TPSA) is 66.6 Å².